The van der Waals surface area contributed by atoms with Crippen molar-refractivity contribution < 1.29 is 35.5 Å². The van der Waals surface area contributed by atoms with Gasteiger partial charge < -0.3 is 4.74 Å². The summed E-state index contributed by atoms with van der Waals surface area (Å²) in [4.78, 5) is 0. The van der Waals surface area contributed by atoms with Gasteiger partial charge >= 0.3 is 12.3 Å². The average Bonchev–Trinajstić information content (AvgIpc) is 2.21. The molecule has 0 aliphatic carbocycles. The molecule has 1 rings (SSSR count). The van der Waals surface area contributed by atoms with Crippen molar-refractivity contribution in [2.24, 2.45) is 0 Å². The lowest BCUT2D eigenvalue weighted by Gasteiger charge is -2.23. The molecule has 1 aromatic rings. The minimum atomic E-state index is -5.86. The van der Waals surface area contributed by atoms with Crippen molar-refractivity contribution in [1.29, 1.82) is 0 Å². The summed E-state index contributed by atoms with van der Waals surface area (Å²) >= 11 is 8.09. The van der Waals surface area contributed by atoms with Gasteiger partial charge in [-0.1, -0.05) is 27.5 Å². The molecular weight excluding hydrogens is 372 g/mol. The predicted octanol–water partition coefficient (Wildman–Crippen LogP) is 5.11. The molecule has 0 N–H and O–H groups in total. The van der Waals surface area contributed by atoms with Gasteiger partial charge in [-0.3, -0.25) is 0 Å². The zero-order valence-electron chi connectivity index (χ0n) is 8.54. The van der Waals surface area contributed by atoms with Gasteiger partial charge in [0.25, 0.3) is 6.17 Å². The first kappa shape index (κ1) is 16.4. The van der Waals surface area contributed by atoms with Gasteiger partial charge in [0.2, 0.25) is 0 Å². The number of benzene rings is 1. The van der Waals surface area contributed by atoms with Gasteiger partial charge in [-0.05, 0) is 12.1 Å². The Labute approximate surface area is 115 Å². The lowest BCUT2D eigenvalue weighted by molar-refractivity contribution is -0.305. The molecule has 1 atom stereocenters. The van der Waals surface area contributed by atoms with E-state index in [0.717, 1.165) is 6.07 Å². The summed E-state index contributed by atoms with van der Waals surface area (Å²) in [5.41, 5.74) is 0. The highest BCUT2D eigenvalue weighted by atomic mass is 79.9. The van der Waals surface area contributed by atoms with Crippen LogP contribution in [0.3, 0.4) is 0 Å². The van der Waals surface area contributed by atoms with Gasteiger partial charge in [0.15, 0.2) is 11.6 Å². The van der Waals surface area contributed by atoms with Gasteiger partial charge in [-0.25, -0.2) is 8.78 Å². The maximum atomic E-state index is 13.2. The van der Waals surface area contributed by atoms with Crippen LogP contribution in [0.1, 0.15) is 0 Å². The van der Waals surface area contributed by atoms with Crippen LogP contribution in [0.2, 0.25) is 5.02 Å². The Bertz CT molecular complexity index is 453. The number of halogens is 9. The highest BCUT2D eigenvalue weighted by Gasteiger charge is 2.59. The molecule has 10 heteroatoms. The van der Waals surface area contributed by atoms with Crippen LogP contribution < -0.4 is 4.74 Å². The molecule has 0 unspecified atom stereocenters. The molecule has 0 bridgehead atoms. The van der Waals surface area contributed by atoms with Crippen LogP contribution in [-0.4, -0.2) is 18.5 Å². The van der Waals surface area contributed by atoms with Gasteiger partial charge in [0.1, 0.15) is 0 Å². The molecule has 108 valence electrons. The van der Waals surface area contributed by atoms with Crippen molar-refractivity contribution in [3.05, 3.63) is 27.4 Å². The average molecular weight is 375 g/mol. The molecule has 0 spiro atoms. The minimum absolute atomic E-state index is 0.0401. The van der Waals surface area contributed by atoms with Gasteiger partial charge in [-0.2, -0.15) is 22.0 Å². The van der Waals surface area contributed by atoms with E-state index in [1.54, 1.807) is 0 Å². The Balaban J connectivity index is 3.09. The number of hydrogen-bond acceptors (Lipinski definition) is 1. The van der Waals surface area contributed by atoms with E-state index in [9.17, 15) is 30.7 Å². The minimum Gasteiger partial charge on any atom is -0.425 e. The molecule has 0 aliphatic rings. The van der Waals surface area contributed by atoms with Crippen LogP contribution in [0.5, 0.6) is 5.75 Å². The van der Waals surface area contributed by atoms with E-state index < -0.39 is 35.0 Å². The summed E-state index contributed by atoms with van der Waals surface area (Å²) in [6.45, 7) is 0. The Morgan fingerprint density at radius 2 is 1.68 bits per heavy atom. The van der Waals surface area contributed by atoms with E-state index >= 15 is 0 Å². The second kappa shape index (κ2) is 5.35. The fraction of sp³-hybridized carbons (Fsp3) is 0.333. The van der Waals surface area contributed by atoms with Crippen LogP contribution >= 0.6 is 27.5 Å². The van der Waals surface area contributed by atoms with E-state index in [-0.39, 0.29) is 4.47 Å². The molecular formula is C9H3BrClF7O. The van der Waals surface area contributed by atoms with E-state index in [2.05, 4.69) is 20.7 Å². The third-order valence-electron chi connectivity index (χ3n) is 1.78. The Morgan fingerprint density at radius 1 is 1.16 bits per heavy atom. The maximum absolute atomic E-state index is 13.2. The topological polar surface area (TPSA) is 9.23 Å². The molecule has 0 aromatic heterocycles. The zero-order chi connectivity index (χ0) is 15.0. The van der Waals surface area contributed by atoms with Crippen molar-refractivity contribution in [1.82, 2.24) is 0 Å². The number of alkyl halides is 6. The van der Waals surface area contributed by atoms with Gasteiger partial charge in [0, 0.05) is 4.47 Å². The molecule has 0 amide bonds. The molecule has 1 aromatic carbocycles. The third kappa shape index (κ3) is 3.88. The fourth-order valence-electron chi connectivity index (χ4n) is 1.00. The van der Waals surface area contributed by atoms with E-state index in [1.165, 1.54) is 0 Å². The van der Waals surface area contributed by atoms with Crippen LogP contribution in [0.4, 0.5) is 30.7 Å². The van der Waals surface area contributed by atoms with Crippen molar-refractivity contribution in [2.75, 3.05) is 0 Å². The number of hydrogen-bond donors (Lipinski definition) is 0. The molecule has 1 nitrogen and oxygen atoms in total. The zero-order valence-corrected chi connectivity index (χ0v) is 10.9. The summed E-state index contributed by atoms with van der Waals surface area (Å²) in [6.07, 6.45) is -15.8. The van der Waals surface area contributed by atoms with Crippen LogP contribution in [-0.2, 0) is 0 Å². The standard InChI is InChI=1S/C9H3BrClF7O/c10-3-1-4(11)6(5(12)2-3)19-9(17,18)7(13)8(14,15)16/h1-2,7H/t7-/m0/s1. The SMILES string of the molecule is Fc1cc(Br)cc(Cl)c1OC(F)(F)[C@@H](F)C(F)(F)F. The predicted molar refractivity (Wildman–Crippen MR) is 55.6 cm³/mol. The first-order valence-corrected chi connectivity index (χ1v) is 5.54. The first-order valence-electron chi connectivity index (χ1n) is 4.37. The smallest absolute Gasteiger partial charge is 0.425 e. The molecule has 0 fully saturated rings. The highest BCUT2D eigenvalue weighted by Crippen LogP contribution is 2.40. The maximum Gasteiger partial charge on any atom is 0.439 e. The first-order chi connectivity index (χ1) is 8.45. The fourth-order valence-corrected chi connectivity index (χ4v) is 1.81. The normalized spacial score (nSPS) is 14.4. The lowest BCUT2D eigenvalue weighted by atomic mass is 10.3. The number of ether oxygens (including phenoxy) is 1. The Hall–Kier alpha value is -0.700. The summed E-state index contributed by atoms with van der Waals surface area (Å²) in [7, 11) is 0. The quantitative estimate of drug-likeness (QED) is 0.667. The Morgan fingerprint density at radius 3 is 2.11 bits per heavy atom. The molecule has 0 heterocycles. The molecule has 0 saturated heterocycles. The number of rotatable bonds is 3. The molecule has 0 saturated carbocycles. The monoisotopic (exact) mass is 374 g/mol. The third-order valence-corrected chi connectivity index (χ3v) is 2.52. The molecule has 0 aliphatic heterocycles. The van der Waals surface area contributed by atoms with Crippen LogP contribution in [0.25, 0.3) is 0 Å². The molecule has 19 heavy (non-hydrogen) atoms. The summed E-state index contributed by atoms with van der Waals surface area (Å²) in [6, 6.07) is 1.52. The van der Waals surface area contributed by atoms with Crippen LogP contribution in [0.15, 0.2) is 16.6 Å². The largest absolute Gasteiger partial charge is 0.439 e. The summed E-state index contributed by atoms with van der Waals surface area (Å²) in [5.74, 6) is -2.84. The summed E-state index contributed by atoms with van der Waals surface area (Å²) < 4.78 is 90.6. The van der Waals surface area contributed by atoms with Gasteiger partial charge in [0.05, 0.1) is 5.02 Å². The van der Waals surface area contributed by atoms with E-state index in [4.69, 9.17) is 11.6 Å². The van der Waals surface area contributed by atoms with E-state index in [1.807, 2.05) is 0 Å². The second-order valence-corrected chi connectivity index (χ2v) is 4.59. The molecule has 0 radical (unpaired) electrons. The van der Waals surface area contributed by atoms with Crippen LogP contribution in [0, 0.1) is 5.82 Å². The van der Waals surface area contributed by atoms with Gasteiger partial charge in [-0.15, -0.1) is 0 Å². The highest BCUT2D eigenvalue weighted by molar-refractivity contribution is 9.10. The van der Waals surface area contributed by atoms with Crippen molar-refractivity contribution in [3.8, 4) is 5.75 Å². The lowest BCUT2D eigenvalue weighted by Crippen LogP contribution is -2.45. The summed E-state index contributed by atoms with van der Waals surface area (Å²) in [5, 5.41) is -0.735. The second-order valence-electron chi connectivity index (χ2n) is 3.27. The van der Waals surface area contributed by atoms with Crippen molar-refractivity contribution in [2.45, 2.75) is 18.5 Å². The Kier molecular flexibility index (Phi) is 4.61. The van der Waals surface area contributed by atoms with Crippen molar-refractivity contribution >= 4 is 27.5 Å². The van der Waals surface area contributed by atoms with Crippen molar-refractivity contribution in [3.63, 3.8) is 0 Å². The van der Waals surface area contributed by atoms with E-state index in [0.29, 0.717) is 6.07 Å².